The van der Waals surface area contributed by atoms with Gasteiger partial charge in [-0.15, -0.1) is 0 Å². The van der Waals surface area contributed by atoms with Gasteiger partial charge in [-0.1, -0.05) is 22.9 Å². The molecule has 1 aromatic heterocycles. The molecular weight excluding hydrogens is 368 g/mol. The Kier molecular flexibility index (Phi) is 5.43. The molecule has 150 valence electrons. The number of carbonyl (C=O) groups is 2. The number of benzene rings is 1. The van der Waals surface area contributed by atoms with E-state index in [0.717, 1.165) is 24.1 Å². The minimum Gasteiger partial charge on any atom is -0.511 e. The Morgan fingerprint density at radius 3 is 2.55 bits per heavy atom. The largest absolute Gasteiger partial charge is 0.511 e. The number of rotatable bonds is 5. The summed E-state index contributed by atoms with van der Waals surface area (Å²) in [6, 6.07) is 7.70. The Morgan fingerprint density at radius 2 is 1.79 bits per heavy atom. The molecule has 4 rings (SSSR count). The fraction of sp³-hybridized carbons (Fsp3) is 0.391. The highest BCUT2D eigenvalue weighted by molar-refractivity contribution is 6.23. The SMILES string of the molecule is Cc1ccc(N=C(CCc2noc3c2C(=O)CCC3)C2=C(O)CCCC2=O)cc1. The van der Waals surface area contributed by atoms with Crippen LogP contribution in [0, 0.1) is 6.92 Å². The Labute approximate surface area is 169 Å². The average Bonchev–Trinajstić information content (AvgIpc) is 3.12. The van der Waals surface area contributed by atoms with Crippen LogP contribution in [0.4, 0.5) is 5.69 Å². The molecule has 2 aliphatic rings. The van der Waals surface area contributed by atoms with Gasteiger partial charge in [0.2, 0.25) is 0 Å². The fourth-order valence-electron chi connectivity index (χ4n) is 3.96. The number of aromatic nitrogens is 1. The topological polar surface area (TPSA) is 92.8 Å². The van der Waals surface area contributed by atoms with E-state index in [1.54, 1.807) is 0 Å². The third-order valence-electron chi connectivity index (χ3n) is 5.49. The molecule has 0 spiro atoms. The van der Waals surface area contributed by atoms with Gasteiger partial charge in [0.1, 0.15) is 11.5 Å². The molecule has 1 N–H and O–H groups in total. The predicted octanol–water partition coefficient (Wildman–Crippen LogP) is 4.77. The van der Waals surface area contributed by atoms with E-state index in [-0.39, 0.29) is 17.3 Å². The van der Waals surface area contributed by atoms with E-state index in [0.29, 0.717) is 66.8 Å². The number of aliphatic imine (C=N–C) groups is 1. The van der Waals surface area contributed by atoms with Crippen molar-refractivity contribution in [2.75, 3.05) is 0 Å². The first-order valence-electron chi connectivity index (χ1n) is 10.1. The second kappa shape index (κ2) is 8.15. The standard InChI is InChI=1S/C23H24N2O4/c1-14-8-10-15(11-9-14)24-16(22-18(26)4-2-5-19(22)27)12-13-17-23-20(28)6-3-7-21(23)29-25-17/h8-11,26H,2-7,12-13H2,1H3. The molecule has 0 radical (unpaired) electrons. The van der Waals surface area contributed by atoms with Crippen LogP contribution in [-0.2, 0) is 17.6 Å². The van der Waals surface area contributed by atoms with Crippen LogP contribution in [0.1, 0.15) is 65.9 Å². The van der Waals surface area contributed by atoms with Gasteiger partial charge in [-0.05, 0) is 44.7 Å². The summed E-state index contributed by atoms with van der Waals surface area (Å²) in [6.07, 6.45) is 4.38. The molecule has 0 saturated heterocycles. The van der Waals surface area contributed by atoms with Crippen LogP contribution in [0.2, 0.25) is 0 Å². The molecule has 0 aliphatic heterocycles. The van der Waals surface area contributed by atoms with Crippen LogP contribution < -0.4 is 0 Å². The van der Waals surface area contributed by atoms with Crippen LogP contribution in [0.5, 0.6) is 0 Å². The Balaban J connectivity index is 1.66. The third kappa shape index (κ3) is 4.06. The summed E-state index contributed by atoms with van der Waals surface area (Å²) in [5.41, 5.74) is 3.91. The van der Waals surface area contributed by atoms with Gasteiger partial charge in [-0.2, -0.15) is 0 Å². The van der Waals surface area contributed by atoms with E-state index in [2.05, 4.69) is 10.1 Å². The Hall–Kier alpha value is -3.02. The maximum atomic E-state index is 12.5. The molecule has 0 fully saturated rings. The summed E-state index contributed by atoms with van der Waals surface area (Å²) in [4.78, 5) is 29.5. The number of aliphatic hydroxyl groups is 1. The lowest BCUT2D eigenvalue weighted by Crippen LogP contribution is -2.20. The Bertz CT molecular complexity index is 1010. The second-order valence-corrected chi connectivity index (χ2v) is 7.70. The van der Waals surface area contributed by atoms with Gasteiger partial charge >= 0.3 is 0 Å². The number of Topliss-reactive ketones (excluding diaryl/α,β-unsaturated/α-hetero) is 2. The van der Waals surface area contributed by atoms with E-state index in [4.69, 9.17) is 4.52 Å². The number of ketones is 2. The number of hydrogen-bond acceptors (Lipinski definition) is 6. The molecule has 2 aliphatic carbocycles. The molecule has 0 amide bonds. The van der Waals surface area contributed by atoms with Crippen molar-refractivity contribution in [1.29, 1.82) is 0 Å². The average molecular weight is 392 g/mol. The van der Waals surface area contributed by atoms with E-state index in [1.807, 2.05) is 31.2 Å². The summed E-state index contributed by atoms with van der Waals surface area (Å²) in [5.74, 6) is 0.739. The van der Waals surface area contributed by atoms with Crippen molar-refractivity contribution in [2.45, 2.75) is 58.3 Å². The monoisotopic (exact) mass is 392 g/mol. The Morgan fingerprint density at radius 1 is 1.07 bits per heavy atom. The number of allylic oxidation sites excluding steroid dienone is 2. The van der Waals surface area contributed by atoms with Crippen LogP contribution in [0.15, 0.2) is 45.1 Å². The van der Waals surface area contributed by atoms with Crippen molar-refractivity contribution in [2.24, 2.45) is 4.99 Å². The first-order chi connectivity index (χ1) is 14.0. The van der Waals surface area contributed by atoms with Crippen LogP contribution in [0.3, 0.4) is 0 Å². The molecule has 1 aromatic carbocycles. The van der Waals surface area contributed by atoms with Gasteiger partial charge in [-0.3, -0.25) is 14.6 Å². The van der Waals surface area contributed by atoms with Gasteiger partial charge in [0.25, 0.3) is 0 Å². The molecule has 0 unspecified atom stereocenters. The molecule has 1 heterocycles. The molecule has 2 aromatic rings. The van der Waals surface area contributed by atoms with Gasteiger partial charge < -0.3 is 9.63 Å². The van der Waals surface area contributed by atoms with Crippen molar-refractivity contribution in [3.05, 3.63) is 58.2 Å². The van der Waals surface area contributed by atoms with E-state index in [9.17, 15) is 14.7 Å². The lowest BCUT2D eigenvalue weighted by Gasteiger charge is -2.17. The quantitative estimate of drug-likeness (QED) is 0.740. The predicted molar refractivity (Wildman–Crippen MR) is 109 cm³/mol. The normalized spacial score (nSPS) is 17.6. The second-order valence-electron chi connectivity index (χ2n) is 7.70. The molecule has 0 bridgehead atoms. The molecule has 29 heavy (non-hydrogen) atoms. The maximum Gasteiger partial charge on any atom is 0.168 e. The van der Waals surface area contributed by atoms with Crippen molar-refractivity contribution in [3.8, 4) is 0 Å². The zero-order valence-electron chi connectivity index (χ0n) is 16.5. The van der Waals surface area contributed by atoms with E-state index >= 15 is 0 Å². The maximum absolute atomic E-state index is 12.5. The minimum atomic E-state index is -0.0853. The summed E-state index contributed by atoms with van der Waals surface area (Å²) in [7, 11) is 0. The number of aliphatic hydroxyl groups excluding tert-OH is 1. The van der Waals surface area contributed by atoms with Gasteiger partial charge in [0.05, 0.1) is 28.2 Å². The minimum absolute atomic E-state index is 0.0651. The zero-order chi connectivity index (χ0) is 20.4. The van der Waals surface area contributed by atoms with Crippen molar-refractivity contribution < 1.29 is 19.2 Å². The smallest absolute Gasteiger partial charge is 0.168 e. The first-order valence-corrected chi connectivity index (χ1v) is 10.1. The molecule has 6 nitrogen and oxygen atoms in total. The lowest BCUT2D eigenvalue weighted by atomic mass is 9.89. The van der Waals surface area contributed by atoms with Crippen LogP contribution in [0.25, 0.3) is 0 Å². The highest BCUT2D eigenvalue weighted by Gasteiger charge is 2.28. The molecule has 6 heteroatoms. The zero-order valence-corrected chi connectivity index (χ0v) is 16.5. The van der Waals surface area contributed by atoms with E-state index < -0.39 is 0 Å². The van der Waals surface area contributed by atoms with Crippen LogP contribution in [-0.4, -0.2) is 27.5 Å². The van der Waals surface area contributed by atoms with Gasteiger partial charge in [-0.25, -0.2) is 0 Å². The van der Waals surface area contributed by atoms with Gasteiger partial charge in [0.15, 0.2) is 11.6 Å². The summed E-state index contributed by atoms with van der Waals surface area (Å²) in [5, 5.41) is 14.5. The highest BCUT2D eigenvalue weighted by atomic mass is 16.5. The molecular formula is C23H24N2O4. The summed E-state index contributed by atoms with van der Waals surface area (Å²) in [6.45, 7) is 2.00. The molecule has 0 saturated carbocycles. The highest BCUT2D eigenvalue weighted by Crippen LogP contribution is 2.28. The van der Waals surface area contributed by atoms with Crippen LogP contribution >= 0.6 is 0 Å². The number of aryl methyl sites for hydroxylation is 3. The van der Waals surface area contributed by atoms with Crippen molar-refractivity contribution in [1.82, 2.24) is 5.16 Å². The van der Waals surface area contributed by atoms with Gasteiger partial charge in [0, 0.05) is 25.7 Å². The third-order valence-corrected chi connectivity index (χ3v) is 5.49. The van der Waals surface area contributed by atoms with E-state index in [1.165, 1.54) is 0 Å². The van der Waals surface area contributed by atoms with Crippen molar-refractivity contribution >= 4 is 23.0 Å². The summed E-state index contributed by atoms with van der Waals surface area (Å²) < 4.78 is 5.37. The number of nitrogens with zero attached hydrogens (tertiary/aromatic N) is 2. The number of fused-ring (bicyclic) bond motifs is 1. The lowest BCUT2D eigenvalue weighted by molar-refractivity contribution is -0.115. The van der Waals surface area contributed by atoms with Crippen molar-refractivity contribution in [3.63, 3.8) is 0 Å². The molecule has 0 atom stereocenters. The fourth-order valence-corrected chi connectivity index (χ4v) is 3.96. The first kappa shape index (κ1) is 19.3. The number of carbonyl (C=O) groups excluding carboxylic acids is 2. The number of hydrogen-bond donors (Lipinski definition) is 1. The summed E-state index contributed by atoms with van der Waals surface area (Å²) >= 11 is 0.